The third kappa shape index (κ3) is 58.4. The zero-order chi connectivity index (χ0) is 7.71. The molecule has 0 aliphatic rings. The van der Waals surface area contributed by atoms with E-state index < -0.39 is 15.6 Å². The monoisotopic (exact) mass is 434 g/mol. The zero-order valence-electron chi connectivity index (χ0n) is 19.9. The van der Waals surface area contributed by atoms with Gasteiger partial charge in [0.1, 0.15) is 0 Å². The van der Waals surface area contributed by atoms with E-state index >= 15 is 0 Å². The minimum Gasteiger partial charge on any atom is -1.00 e. The van der Waals surface area contributed by atoms with Gasteiger partial charge in [-0.3, -0.25) is 0 Å². The summed E-state index contributed by atoms with van der Waals surface area (Å²) < 4.78 is 22.2. The molecule has 0 spiro atoms. The predicted molar refractivity (Wildman–Crippen MR) is 34.1 cm³/mol. The molecular weight excluding hydrogens is 422 g/mol. The molecule has 0 atom stereocenters. The van der Waals surface area contributed by atoms with Crippen molar-refractivity contribution in [1.29, 1.82) is 0 Å². The van der Waals surface area contributed by atoms with Crippen molar-refractivity contribution in [3.8, 4) is 0 Å². The molecule has 7 nitrogen and oxygen atoms in total. The van der Waals surface area contributed by atoms with Gasteiger partial charge in [-0.15, -0.1) is 0 Å². The van der Waals surface area contributed by atoms with Crippen molar-refractivity contribution in [1.82, 2.24) is 0 Å². The van der Waals surface area contributed by atoms with Gasteiger partial charge < -0.3 is 31.0 Å². The first-order chi connectivity index (χ1) is 3.71. The first kappa shape index (κ1) is 56.5. The van der Waals surface area contributed by atoms with Crippen molar-refractivity contribution in [3.63, 3.8) is 0 Å². The summed E-state index contributed by atoms with van der Waals surface area (Å²) >= 11 is 0. The molecule has 0 rings (SSSR count). The van der Waals surface area contributed by atoms with Crippen molar-refractivity contribution in [3.05, 3.63) is 0 Å². The molecule has 0 aromatic rings. The Morgan fingerprint density at radius 3 is 0.765 bits per heavy atom. The molecule has 0 saturated heterocycles. The largest absolute Gasteiger partial charge is 1.00 e. The van der Waals surface area contributed by atoms with Gasteiger partial charge in [0, 0.05) is 0 Å². The van der Waals surface area contributed by atoms with E-state index in [1.165, 1.54) is 0 Å². The van der Waals surface area contributed by atoms with Crippen LogP contribution >= 0.6 is 15.6 Å². The van der Waals surface area contributed by atoms with Gasteiger partial charge in [-0.25, -0.2) is 9.13 Å². The van der Waals surface area contributed by atoms with E-state index in [1.54, 1.807) is 0 Å². The maximum atomic E-state index is 9.63. The van der Waals surface area contributed by atoms with E-state index in [-0.39, 0.29) is 335 Å². The van der Waals surface area contributed by atoms with E-state index in [0.29, 0.717) is 0 Å². The molecule has 0 bridgehead atoms. The smallest absolute Gasteiger partial charge is 1.00 e. The van der Waals surface area contributed by atoms with Gasteiger partial charge in [-0.1, -0.05) is 0 Å². The molecule has 0 unspecified atom stereocenters. The van der Waals surface area contributed by atoms with E-state index in [9.17, 15) is 9.13 Å². The summed E-state index contributed by atoms with van der Waals surface area (Å²) in [5.41, 5.74) is 0. The van der Waals surface area contributed by atoms with Crippen LogP contribution in [0.15, 0.2) is 0 Å². The Hall–Kier alpha value is 10.8. The second kappa shape index (κ2) is 31.5. The third-order valence-corrected chi connectivity index (χ3v) is 1.91. The summed E-state index contributed by atoms with van der Waals surface area (Å²) in [4.78, 5) is 31.0. The second-order valence-electron chi connectivity index (χ2n) is 1.06. The van der Waals surface area contributed by atoms with Crippen molar-refractivity contribution < 1.29 is 368 Å². The first-order valence-corrected chi connectivity index (χ1v) is 4.59. The Morgan fingerprint density at radius 1 is 0.647 bits per heavy atom. The zero-order valence-corrected chi connectivity index (χ0v) is 34.2. The summed E-state index contributed by atoms with van der Waals surface area (Å²) in [5, 5.41) is 0. The second-order valence-corrected chi connectivity index (χ2v) is 3.68. The molecule has 0 aliphatic carbocycles. The van der Waals surface area contributed by atoms with E-state index in [1.807, 2.05) is 0 Å². The number of hydrogen-bond acceptors (Lipinski definition) is 3. The van der Waals surface area contributed by atoms with Gasteiger partial charge in [0.2, 0.25) is 0 Å². The fourth-order valence-corrected chi connectivity index (χ4v) is 1.25. The average molecular weight is 434 g/mol. The van der Waals surface area contributed by atoms with E-state index in [2.05, 4.69) is 4.31 Å². The van der Waals surface area contributed by atoms with Gasteiger partial charge in [-0.2, -0.15) is 4.31 Å². The van der Waals surface area contributed by atoms with Crippen LogP contribution in [0.2, 0.25) is 0 Å². The third-order valence-electron chi connectivity index (χ3n) is 0.213. The molecule has 0 aromatic heterocycles. The Morgan fingerprint density at radius 2 is 0.765 bits per heavy atom. The van der Waals surface area contributed by atoms with Gasteiger partial charge in [0.15, 0.2) is 0 Å². The van der Waals surface area contributed by atoms with Gasteiger partial charge in [0.25, 0.3) is 0 Å². The first-order valence-electron chi connectivity index (χ1n) is 1.53. The fraction of sp³-hybridized carbons (Fsp3) is 0. The van der Waals surface area contributed by atoms with Gasteiger partial charge in [-0.05, 0) is 0 Å². The van der Waals surface area contributed by atoms with Crippen molar-refractivity contribution in [2.45, 2.75) is 0 Å². The minimum atomic E-state index is -5.05. The standard InChI is InChI=1S/4K.4Na.H4O7P2.8H/c;;;;;;;;1-8(2,3)7-9(4,5)6;;;;;;;;/h;;;;;;;;(H2,1,2,3)(H2,4,5,6);;;;;;;;/q8*+1;;8*-1. The summed E-state index contributed by atoms with van der Waals surface area (Å²) in [6, 6.07) is 0. The molecule has 0 radical (unpaired) electrons. The molecule has 0 saturated carbocycles. The molecule has 0 fully saturated rings. The van der Waals surface area contributed by atoms with Crippen molar-refractivity contribution in [2.75, 3.05) is 0 Å². The van der Waals surface area contributed by atoms with Crippen LogP contribution in [-0.2, 0) is 13.4 Å². The topological polar surface area (TPSA) is 124 Å². The maximum absolute atomic E-state index is 9.63. The summed E-state index contributed by atoms with van der Waals surface area (Å²) in [6.07, 6.45) is 0. The number of hydrogen-bond donors (Lipinski definition) is 4. The molecule has 0 amide bonds. The molecule has 72 valence electrons. The molecule has 17 heteroatoms. The summed E-state index contributed by atoms with van der Waals surface area (Å²) in [5.74, 6) is 0. The summed E-state index contributed by atoms with van der Waals surface area (Å²) in [7, 11) is -10.1. The summed E-state index contributed by atoms with van der Waals surface area (Å²) in [6.45, 7) is 0. The molecule has 0 aromatic carbocycles. The molecule has 0 aliphatic heterocycles. The molecular formula is H12K4Na4O7P2. The molecule has 0 heterocycles. The Bertz CT molecular complexity index is 195. The van der Waals surface area contributed by atoms with E-state index in [4.69, 9.17) is 19.6 Å². The van der Waals surface area contributed by atoms with Crippen LogP contribution < -0.4 is 324 Å². The Labute approximate surface area is 371 Å². The maximum Gasteiger partial charge on any atom is 1.00 e. The predicted octanol–water partition coefficient (Wildman–Crippen LogP) is -23.9. The Balaban J connectivity index is -0.00000000267. The number of phosphoric acid groups is 2. The van der Waals surface area contributed by atoms with Crippen LogP contribution in [0.4, 0.5) is 0 Å². The van der Waals surface area contributed by atoms with Gasteiger partial charge >= 0.3 is 339 Å². The number of rotatable bonds is 2. The SMILES string of the molecule is O=P(O)(O)OP(=O)(O)O.[H-].[H-].[H-].[H-].[H-].[H-].[H-].[H-].[K+].[K+].[K+].[K+].[Na+].[Na+].[Na+].[Na+]. The minimum absolute atomic E-state index is 0. The van der Waals surface area contributed by atoms with Crippen LogP contribution in [0.3, 0.4) is 0 Å². The van der Waals surface area contributed by atoms with E-state index in [0.717, 1.165) is 0 Å². The molecule has 4 N–H and O–H groups in total. The van der Waals surface area contributed by atoms with Crippen LogP contribution in [0.25, 0.3) is 0 Å². The van der Waals surface area contributed by atoms with Crippen LogP contribution in [0, 0.1) is 0 Å². The van der Waals surface area contributed by atoms with Crippen LogP contribution in [-0.4, -0.2) is 19.6 Å². The average Bonchev–Trinajstić information content (AvgIpc) is 1.14. The quantitative estimate of drug-likeness (QED) is 0.251. The van der Waals surface area contributed by atoms with Crippen molar-refractivity contribution in [2.24, 2.45) is 0 Å². The fourth-order valence-electron chi connectivity index (χ4n) is 0.139. The van der Waals surface area contributed by atoms with Crippen LogP contribution in [0.5, 0.6) is 0 Å². The molecule has 17 heavy (non-hydrogen) atoms. The van der Waals surface area contributed by atoms with Crippen LogP contribution in [0.1, 0.15) is 11.4 Å². The van der Waals surface area contributed by atoms with Crippen molar-refractivity contribution >= 4 is 15.6 Å². The Kier molecular flexibility index (Phi) is 105. The normalized spacial score (nSPS) is 7.29. The van der Waals surface area contributed by atoms with Gasteiger partial charge in [0.05, 0.1) is 0 Å².